The highest BCUT2D eigenvalue weighted by Gasteiger charge is 2.41. The molecule has 0 bridgehead atoms. The third-order valence-electron chi connectivity index (χ3n) is 4.95. The number of benzene rings is 1. The molecule has 2 aromatic heterocycles. The van der Waals surface area contributed by atoms with Crippen molar-refractivity contribution in [3.8, 4) is 5.69 Å². The predicted octanol–water partition coefficient (Wildman–Crippen LogP) is 4.64. The van der Waals surface area contributed by atoms with Gasteiger partial charge in [-0.15, -0.1) is 0 Å². The summed E-state index contributed by atoms with van der Waals surface area (Å²) in [5.41, 5.74) is 2.96. The van der Waals surface area contributed by atoms with Crippen molar-refractivity contribution in [1.82, 2.24) is 19.8 Å². The second kappa shape index (κ2) is 7.72. The maximum Gasteiger partial charge on any atom is 0.170 e. The average molecular weight is 395 g/mol. The van der Waals surface area contributed by atoms with Gasteiger partial charge in [0.05, 0.1) is 17.8 Å². The first-order valence-electron chi connectivity index (χ1n) is 9.46. The van der Waals surface area contributed by atoms with Gasteiger partial charge >= 0.3 is 0 Å². The second-order valence-electron chi connectivity index (χ2n) is 7.45. The molecule has 0 saturated carbocycles. The van der Waals surface area contributed by atoms with E-state index in [1.165, 1.54) is 12.1 Å². The Bertz CT molecular complexity index is 952. The van der Waals surface area contributed by atoms with Crippen LogP contribution >= 0.6 is 12.2 Å². The summed E-state index contributed by atoms with van der Waals surface area (Å²) >= 11 is 5.69. The van der Waals surface area contributed by atoms with Gasteiger partial charge in [-0.05, 0) is 66.7 Å². The first-order valence-corrected chi connectivity index (χ1v) is 9.86. The van der Waals surface area contributed by atoms with Crippen LogP contribution in [0.15, 0.2) is 67.0 Å². The highest BCUT2D eigenvalue weighted by molar-refractivity contribution is 7.80. The maximum absolute atomic E-state index is 13.4. The lowest BCUT2D eigenvalue weighted by molar-refractivity contribution is 0.280. The Morgan fingerprint density at radius 3 is 2.57 bits per heavy atom. The van der Waals surface area contributed by atoms with E-state index < -0.39 is 0 Å². The molecule has 3 aromatic rings. The fraction of sp³-hybridized carbons (Fsp3) is 0.273. The summed E-state index contributed by atoms with van der Waals surface area (Å²) in [5, 5.41) is 4.21. The topological polar surface area (TPSA) is 33.1 Å². The summed E-state index contributed by atoms with van der Waals surface area (Å²) < 4.78 is 15.5. The molecule has 144 valence electrons. The highest BCUT2D eigenvalue weighted by atomic mass is 32.1. The standard InChI is InChI=1S/C22H23FN4S/c1-15(2)14-27-21(20(25-22(27)28)18-6-3-4-12-24-18)19-7-5-13-26(19)17-10-8-16(23)9-11-17/h3-13,15,20-21H,14H2,1-2H3,(H,25,28). The predicted molar refractivity (Wildman–Crippen MR) is 113 cm³/mol. The molecule has 0 amide bonds. The first-order chi connectivity index (χ1) is 13.5. The van der Waals surface area contributed by atoms with Crippen molar-refractivity contribution in [2.75, 3.05) is 6.54 Å². The molecule has 3 heterocycles. The Morgan fingerprint density at radius 1 is 1.11 bits per heavy atom. The van der Waals surface area contributed by atoms with Gasteiger partial charge in [0.1, 0.15) is 5.82 Å². The lowest BCUT2D eigenvalue weighted by atomic mass is 10.0. The number of nitrogens with one attached hydrogen (secondary N) is 1. The normalized spacial score (nSPS) is 19.3. The zero-order valence-corrected chi connectivity index (χ0v) is 16.7. The van der Waals surface area contributed by atoms with E-state index in [1.807, 2.05) is 30.5 Å². The van der Waals surface area contributed by atoms with E-state index in [-0.39, 0.29) is 17.9 Å². The second-order valence-corrected chi connectivity index (χ2v) is 7.84. The van der Waals surface area contributed by atoms with Gasteiger partial charge in [-0.1, -0.05) is 19.9 Å². The van der Waals surface area contributed by atoms with Crippen LogP contribution in [0, 0.1) is 11.7 Å². The molecule has 1 saturated heterocycles. The highest BCUT2D eigenvalue weighted by Crippen LogP contribution is 2.39. The minimum Gasteiger partial charge on any atom is -0.352 e. The van der Waals surface area contributed by atoms with Crippen LogP contribution < -0.4 is 5.32 Å². The van der Waals surface area contributed by atoms with E-state index in [0.29, 0.717) is 5.92 Å². The zero-order valence-electron chi connectivity index (χ0n) is 15.9. The fourth-order valence-electron chi connectivity index (χ4n) is 3.79. The van der Waals surface area contributed by atoms with Gasteiger partial charge in [0, 0.05) is 30.3 Å². The molecule has 0 spiro atoms. The van der Waals surface area contributed by atoms with E-state index in [9.17, 15) is 4.39 Å². The van der Waals surface area contributed by atoms with Crippen molar-refractivity contribution in [2.24, 2.45) is 5.92 Å². The number of aromatic nitrogens is 2. The van der Waals surface area contributed by atoms with Crippen LogP contribution in [0.4, 0.5) is 4.39 Å². The van der Waals surface area contributed by atoms with Gasteiger partial charge in [0.15, 0.2) is 5.11 Å². The Morgan fingerprint density at radius 2 is 1.89 bits per heavy atom. The Labute approximate surface area is 170 Å². The Hall–Kier alpha value is -2.73. The van der Waals surface area contributed by atoms with Gasteiger partial charge in [-0.2, -0.15) is 0 Å². The summed E-state index contributed by atoms with van der Waals surface area (Å²) in [4.78, 5) is 6.82. The lowest BCUT2D eigenvalue weighted by Gasteiger charge is -2.30. The van der Waals surface area contributed by atoms with Crippen molar-refractivity contribution in [1.29, 1.82) is 0 Å². The van der Waals surface area contributed by atoms with Crippen molar-refractivity contribution >= 4 is 17.3 Å². The molecule has 6 heteroatoms. The summed E-state index contributed by atoms with van der Waals surface area (Å²) in [6, 6.07) is 16.5. The number of pyridine rings is 1. The van der Waals surface area contributed by atoms with E-state index >= 15 is 0 Å². The first kappa shape index (κ1) is 18.6. The van der Waals surface area contributed by atoms with Crippen LogP contribution in [0.3, 0.4) is 0 Å². The summed E-state index contributed by atoms with van der Waals surface area (Å²) in [7, 11) is 0. The van der Waals surface area contributed by atoms with E-state index in [1.54, 1.807) is 18.3 Å². The van der Waals surface area contributed by atoms with E-state index in [4.69, 9.17) is 12.2 Å². The lowest BCUT2D eigenvalue weighted by Crippen LogP contribution is -2.33. The zero-order chi connectivity index (χ0) is 19.7. The average Bonchev–Trinajstić information content (AvgIpc) is 3.28. The molecule has 1 N–H and O–H groups in total. The summed E-state index contributed by atoms with van der Waals surface area (Å²) in [6.45, 7) is 5.22. The van der Waals surface area contributed by atoms with Gasteiger partial charge in [-0.3, -0.25) is 4.98 Å². The van der Waals surface area contributed by atoms with Crippen LogP contribution in [0.25, 0.3) is 5.69 Å². The molecule has 1 fully saturated rings. The Kier molecular flexibility index (Phi) is 5.13. The van der Waals surface area contributed by atoms with Crippen LogP contribution in [-0.4, -0.2) is 26.1 Å². The van der Waals surface area contributed by atoms with Crippen LogP contribution in [0.2, 0.25) is 0 Å². The third-order valence-corrected chi connectivity index (χ3v) is 5.30. The van der Waals surface area contributed by atoms with Gasteiger partial charge in [-0.25, -0.2) is 4.39 Å². The monoisotopic (exact) mass is 394 g/mol. The molecule has 4 nitrogen and oxygen atoms in total. The number of halogens is 1. The molecule has 2 unspecified atom stereocenters. The Balaban J connectivity index is 1.80. The van der Waals surface area contributed by atoms with Gasteiger partial charge in [0.2, 0.25) is 0 Å². The van der Waals surface area contributed by atoms with Crippen molar-refractivity contribution < 1.29 is 4.39 Å². The number of hydrogen-bond donors (Lipinski definition) is 1. The largest absolute Gasteiger partial charge is 0.352 e. The third kappa shape index (κ3) is 3.52. The van der Waals surface area contributed by atoms with E-state index in [0.717, 1.165) is 28.7 Å². The van der Waals surface area contributed by atoms with Crippen LogP contribution in [0.5, 0.6) is 0 Å². The molecule has 0 aliphatic carbocycles. The number of rotatable bonds is 5. The van der Waals surface area contributed by atoms with Gasteiger partial charge < -0.3 is 14.8 Å². The van der Waals surface area contributed by atoms with Crippen molar-refractivity contribution in [3.63, 3.8) is 0 Å². The van der Waals surface area contributed by atoms with Crippen LogP contribution in [-0.2, 0) is 0 Å². The molecule has 1 aromatic carbocycles. The van der Waals surface area contributed by atoms with Crippen molar-refractivity contribution in [2.45, 2.75) is 25.9 Å². The minimum absolute atomic E-state index is 0.00940. The summed E-state index contributed by atoms with van der Waals surface area (Å²) in [6.07, 6.45) is 3.81. The van der Waals surface area contributed by atoms with Crippen molar-refractivity contribution in [3.05, 3.63) is 84.2 Å². The molecular formula is C22H23FN4S. The summed E-state index contributed by atoms with van der Waals surface area (Å²) in [5.74, 6) is 0.216. The number of hydrogen-bond acceptors (Lipinski definition) is 2. The minimum atomic E-state index is -0.242. The molecule has 2 atom stereocenters. The van der Waals surface area contributed by atoms with Crippen LogP contribution in [0.1, 0.15) is 37.3 Å². The number of thiocarbonyl (C=S) groups is 1. The molecular weight excluding hydrogens is 371 g/mol. The number of nitrogens with zero attached hydrogens (tertiary/aromatic N) is 3. The molecule has 4 rings (SSSR count). The molecule has 1 aliphatic heterocycles. The smallest absolute Gasteiger partial charge is 0.170 e. The van der Waals surface area contributed by atoms with E-state index in [2.05, 4.69) is 39.7 Å². The fourth-order valence-corrected chi connectivity index (χ4v) is 4.10. The SMILES string of the molecule is CC(C)CN1C(=S)NC(c2ccccn2)C1c1cccn1-c1ccc(F)cc1. The maximum atomic E-state index is 13.4. The molecule has 1 aliphatic rings. The van der Waals surface area contributed by atoms with Gasteiger partial charge in [0.25, 0.3) is 0 Å². The molecule has 28 heavy (non-hydrogen) atoms. The quantitative estimate of drug-likeness (QED) is 0.639. The molecule has 0 radical (unpaired) electrons.